The highest BCUT2D eigenvalue weighted by atomic mass is 79.9. The monoisotopic (exact) mass is 220 g/mol. The summed E-state index contributed by atoms with van der Waals surface area (Å²) in [6.45, 7) is 0. The largest absolute Gasteiger partial charge is 0.331 e. The molecule has 0 saturated heterocycles. The lowest BCUT2D eigenvalue weighted by Crippen LogP contribution is -1.71. The van der Waals surface area contributed by atoms with Crippen LogP contribution < -0.4 is 0 Å². The summed E-state index contributed by atoms with van der Waals surface area (Å²) in [5.41, 5.74) is 1.85. The Balaban J connectivity index is 2.77. The van der Waals surface area contributed by atoms with E-state index in [2.05, 4.69) is 31.8 Å². The zero-order valence-corrected chi connectivity index (χ0v) is 7.72. The van der Waals surface area contributed by atoms with Crippen LogP contribution in [0.25, 0.3) is 11.0 Å². The first kappa shape index (κ1) is 7.38. The number of aromatic nitrogens is 2. The Hall–Kier alpha value is -1.27. The molecule has 0 atom stereocenters. The van der Waals surface area contributed by atoms with Crippen LogP contribution in [0.4, 0.5) is 0 Å². The summed E-state index contributed by atoms with van der Waals surface area (Å²) in [6, 6.07) is 5.80. The first-order valence-corrected chi connectivity index (χ1v) is 4.21. The van der Waals surface area contributed by atoms with Crippen molar-refractivity contribution < 1.29 is 0 Å². The van der Waals surface area contributed by atoms with Crippen LogP contribution in [0.2, 0.25) is 0 Å². The smallest absolute Gasteiger partial charge is 0.183 e. The number of hydrogen-bond donors (Lipinski definition) is 1. The van der Waals surface area contributed by atoms with Gasteiger partial charge in [0.25, 0.3) is 0 Å². The van der Waals surface area contributed by atoms with Gasteiger partial charge in [0.05, 0.1) is 11.0 Å². The van der Waals surface area contributed by atoms with Crippen molar-refractivity contribution in [2.24, 2.45) is 0 Å². The minimum atomic E-state index is 0.572. The molecular weight excluding hydrogens is 216 g/mol. The molecule has 3 heteroatoms. The van der Waals surface area contributed by atoms with Gasteiger partial charge in [-0.1, -0.05) is 15.9 Å². The molecule has 0 radical (unpaired) electrons. The number of terminal acetylenes is 1. The number of aromatic amines is 1. The Bertz CT molecular complexity index is 465. The summed E-state index contributed by atoms with van der Waals surface area (Å²) in [5.74, 6) is 3.03. The van der Waals surface area contributed by atoms with Crippen LogP contribution >= 0.6 is 15.9 Å². The van der Waals surface area contributed by atoms with Crippen molar-refractivity contribution >= 4 is 27.0 Å². The average Bonchev–Trinajstić information content (AvgIpc) is 2.46. The molecule has 0 aliphatic carbocycles. The molecule has 0 unspecified atom stereocenters. The third-order valence-corrected chi connectivity index (χ3v) is 2.07. The van der Waals surface area contributed by atoms with E-state index in [0.717, 1.165) is 15.5 Å². The van der Waals surface area contributed by atoms with Crippen molar-refractivity contribution in [1.29, 1.82) is 0 Å². The highest BCUT2D eigenvalue weighted by Gasteiger charge is 1.99. The third-order valence-electron chi connectivity index (χ3n) is 1.58. The number of halogens is 1. The number of benzene rings is 1. The highest BCUT2D eigenvalue weighted by molar-refractivity contribution is 9.10. The van der Waals surface area contributed by atoms with Crippen molar-refractivity contribution in [2.75, 3.05) is 0 Å². The van der Waals surface area contributed by atoms with Crippen LogP contribution in [0, 0.1) is 12.3 Å². The second-order valence-corrected chi connectivity index (χ2v) is 3.31. The molecule has 0 bridgehead atoms. The number of rotatable bonds is 0. The Labute approximate surface area is 78.1 Å². The van der Waals surface area contributed by atoms with Gasteiger partial charge in [-0.2, -0.15) is 0 Å². The molecule has 1 aromatic carbocycles. The summed E-state index contributed by atoms with van der Waals surface area (Å²) >= 11 is 3.36. The van der Waals surface area contributed by atoms with Gasteiger partial charge in [0.2, 0.25) is 0 Å². The number of H-pyrrole nitrogens is 1. The molecule has 2 aromatic rings. The first-order valence-electron chi connectivity index (χ1n) is 3.41. The standard InChI is InChI=1S/C9H5BrN2/c1-2-9-11-7-4-3-6(10)5-8(7)12-9/h1,3-5H,(H,11,12). The predicted octanol–water partition coefficient (Wildman–Crippen LogP) is 2.31. The van der Waals surface area contributed by atoms with E-state index >= 15 is 0 Å². The number of nitrogens with zero attached hydrogens (tertiary/aromatic N) is 1. The van der Waals surface area contributed by atoms with E-state index in [0.29, 0.717) is 5.82 Å². The van der Waals surface area contributed by atoms with E-state index in [4.69, 9.17) is 6.42 Å². The lowest BCUT2D eigenvalue weighted by Gasteiger charge is -1.87. The van der Waals surface area contributed by atoms with Crippen molar-refractivity contribution in [1.82, 2.24) is 9.97 Å². The van der Waals surface area contributed by atoms with Gasteiger partial charge in [0.15, 0.2) is 5.82 Å². The lowest BCUT2D eigenvalue weighted by molar-refractivity contribution is 1.28. The molecule has 58 valence electrons. The highest BCUT2D eigenvalue weighted by Crippen LogP contribution is 2.17. The van der Waals surface area contributed by atoms with Gasteiger partial charge < -0.3 is 4.98 Å². The van der Waals surface area contributed by atoms with Crippen molar-refractivity contribution in [2.45, 2.75) is 0 Å². The van der Waals surface area contributed by atoms with E-state index < -0.39 is 0 Å². The SMILES string of the molecule is C#Cc1nc2ccc(Br)cc2[nH]1. The van der Waals surface area contributed by atoms with Crippen LogP contribution in [-0.2, 0) is 0 Å². The fourth-order valence-corrected chi connectivity index (χ4v) is 1.41. The summed E-state index contributed by atoms with van der Waals surface area (Å²) in [6.07, 6.45) is 5.20. The minimum Gasteiger partial charge on any atom is -0.331 e. The summed E-state index contributed by atoms with van der Waals surface area (Å²) in [4.78, 5) is 7.17. The number of hydrogen-bond acceptors (Lipinski definition) is 1. The Kier molecular flexibility index (Phi) is 1.63. The van der Waals surface area contributed by atoms with Gasteiger partial charge in [-0.15, -0.1) is 6.42 Å². The molecule has 0 spiro atoms. The van der Waals surface area contributed by atoms with Gasteiger partial charge in [-0.3, -0.25) is 0 Å². The molecule has 0 amide bonds. The predicted molar refractivity (Wildman–Crippen MR) is 51.7 cm³/mol. The van der Waals surface area contributed by atoms with E-state index in [1.807, 2.05) is 18.2 Å². The molecule has 1 heterocycles. The molecule has 1 N–H and O–H groups in total. The maximum Gasteiger partial charge on any atom is 0.183 e. The van der Waals surface area contributed by atoms with E-state index in [1.165, 1.54) is 0 Å². The van der Waals surface area contributed by atoms with Gasteiger partial charge in [0.1, 0.15) is 0 Å². The summed E-state index contributed by atoms with van der Waals surface area (Å²) in [7, 11) is 0. The van der Waals surface area contributed by atoms with Crippen LogP contribution in [-0.4, -0.2) is 9.97 Å². The number of imidazole rings is 1. The van der Waals surface area contributed by atoms with Crippen molar-refractivity contribution in [3.8, 4) is 12.3 Å². The minimum absolute atomic E-state index is 0.572. The molecule has 0 aliphatic heterocycles. The molecule has 12 heavy (non-hydrogen) atoms. The average molecular weight is 221 g/mol. The van der Waals surface area contributed by atoms with Gasteiger partial charge >= 0.3 is 0 Å². The van der Waals surface area contributed by atoms with E-state index in [1.54, 1.807) is 0 Å². The zero-order valence-electron chi connectivity index (χ0n) is 6.13. The lowest BCUT2D eigenvalue weighted by atomic mass is 10.3. The molecule has 0 aliphatic rings. The van der Waals surface area contributed by atoms with E-state index in [9.17, 15) is 0 Å². The summed E-state index contributed by atoms with van der Waals surface area (Å²) in [5, 5.41) is 0. The number of fused-ring (bicyclic) bond motifs is 1. The fourth-order valence-electron chi connectivity index (χ4n) is 1.05. The van der Waals surface area contributed by atoms with Crippen LogP contribution in [0.1, 0.15) is 5.82 Å². The molecular formula is C9H5BrN2. The second-order valence-electron chi connectivity index (χ2n) is 2.39. The maximum absolute atomic E-state index is 5.20. The van der Waals surface area contributed by atoms with Gasteiger partial charge in [-0.25, -0.2) is 4.98 Å². The molecule has 1 aromatic heterocycles. The van der Waals surface area contributed by atoms with Crippen LogP contribution in [0.15, 0.2) is 22.7 Å². The fraction of sp³-hybridized carbons (Fsp3) is 0. The summed E-state index contributed by atoms with van der Waals surface area (Å²) < 4.78 is 1.02. The maximum atomic E-state index is 5.20. The number of nitrogens with one attached hydrogen (secondary N) is 1. The van der Waals surface area contributed by atoms with Crippen molar-refractivity contribution in [3.63, 3.8) is 0 Å². The first-order chi connectivity index (χ1) is 5.79. The van der Waals surface area contributed by atoms with E-state index in [-0.39, 0.29) is 0 Å². The van der Waals surface area contributed by atoms with Crippen LogP contribution in [0.3, 0.4) is 0 Å². The Morgan fingerprint density at radius 2 is 2.33 bits per heavy atom. The molecule has 0 fully saturated rings. The topological polar surface area (TPSA) is 28.7 Å². The quantitative estimate of drug-likeness (QED) is 0.679. The molecule has 2 rings (SSSR count). The molecule has 2 nitrogen and oxygen atoms in total. The second kappa shape index (κ2) is 2.65. The van der Waals surface area contributed by atoms with Crippen molar-refractivity contribution in [3.05, 3.63) is 28.5 Å². The van der Waals surface area contributed by atoms with Gasteiger partial charge in [-0.05, 0) is 24.1 Å². The Morgan fingerprint density at radius 3 is 3.08 bits per heavy atom. The van der Waals surface area contributed by atoms with Crippen LogP contribution in [0.5, 0.6) is 0 Å². The molecule has 0 saturated carbocycles. The van der Waals surface area contributed by atoms with Gasteiger partial charge in [0, 0.05) is 4.47 Å². The zero-order chi connectivity index (χ0) is 8.55. The normalized spacial score (nSPS) is 10.0. The Morgan fingerprint density at radius 1 is 1.50 bits per heavy atom. The third kappa shape index (κ3) is 1.10.